The summed E-state index contributed by atoms with van der Waals surface area (Å²) in [4.78, 5) is 86.6. The molecule has 4 atom stereocenters. The Morgan fingerprint density at radius 2 is 1.45 bits per heavy atom. The van der Waals surface area contributed by atoms with Gasteiger partial charge in [-0.05, 0) is 45.8 Å². The van der Waals surface area contributed by atoms with Crippen LogP contribution in [0.5, 0.6) is 0 Å². The van der Waals surface area contributed by atoms with Gasteiger partial charge >= 0.3 is 0 Å². The summed E-state index contributed by atoms with van der Waals surface area (Å²) in [5, 5.41) is 9.85. The molecule has 1 fully saturated rings. The van der Waals surface area contributed by atoms with Crippen LogP contribution in [0, 0.1) is 0 Å². The van der Waals surface area contributed by atoms with Gasteiger partial charge in [0.25, 0.3) is 0 Å². The first-order valence-corrected chi connectivity index (χ1v) is 16.3. The Kier molecular flexibility index (Phi) is 16.2. The first-order valence-electron chi connectivity index (χ1n) is 14.3. The molecule has 1 heterocycles. The molecule has 42 heavy (non-hydrogen) atoms. The normalized spacial score (nSPS) is 17.3. The van der Waals surface area contributed by atoms with Gasteiger partial charge in [0, 0.05) is 24.1 Å². The highest BCUT2D eigenvalue weighted by molar-refractivity contribution is 8.01. The molecule has 0 spiro atoms. The summed E-state index contributed by atoms with van der Waals surface area (Å²) in [5.41, 5.74) is 0.188. The van der Waals surface area contributed by atoms with E-state index < -0.39 is 41.1 Å². The highest BCUT2D eigenvalue weighted by Crippen LogP contribution is 2.34. The Labute approximate surface area is 258 Å². The fourth-order valence-electron chi connectivity index (χ4n) is 3.91. The summed E-state index contributed by atoms with van der Waals surface area (Å²) >= 11 is 2.97. The van der Waals surface area contributed by atoms with Crippen molar-refractivity contribution < 1.29 is 33.6 Å². The third-order valence-electron chi connectivity index (χ3n) is 6.20. The molecule has 0 aromatic rings. The maximum absolute atomic E-state index is 12.6. The molecule has 0 aromatic heterocycles. The number of hydrogen-bond donors (Lipinski definition) is 4. The van der Waals surface area contributed by atoms with E-state index in [1.165, 1.54) is 32.5 Å². The summed E-state index contributed by atoms with van der Waals surface area (Å²) in [6, 6.07) is -2.75. The third kappa shape index (κ3) is 14.6. The topological polar surface area (TPSA) is 171 Å². The number of likely N-dealkylation sites (tertiary alicyclic amines) is 1. The maximum Gasteiger partial charge on any atom is 0.242 e. The number of carbonyl (C=O) groups excluding carboxylic acids is 7. The molecule has 236 valence electrons. The van der Waals surface area contributed by atoms with Crippen molar-refractivity contribution in [3.8, 4) is 0 Å². The van der Waals surface area contributed by atoms with Crippen molar-refractivity contribution in [3.05, 3.63) is 0 Å². The molecule has 0 aromatic carbocycles. The number of amides is 6. The predicted molar refractivity (Wildman–Crippen MR) is 167 cm³/mol. The molecule has 0 saturated carbocycles. The van der Waals surface area contributed by atoms with Crippen LogP contribution in [0.3, 0.4) is 0 Å². The van der Waals surface area contributed by atoms with Gasteiger partial charge in [-0.1, -0.05) is 27.2 Å². The maximum atomic E-state index is 12.6. The molecule has 1 saturated heterocycles. The lowest BCUT2D eigenvalue weighted by atomic mass is 9.97. The Bertz CT molecular complexity index is 1010. The van der Waals surface area contributed by atoms with Crippen molar-refractivity contribution in [1.82, 2.24) is 26.2 Å². The minimum absolute atomic E-state index is 0.0720. The highest BCUT2D eigenvalue weighted by Gasteiger charge is 2.40. The average Bonchev–Trinajstić information content (AvgIpc) is 3.13. The van der Waals surface area contributed by atoms with Gasteiger partial charge in [-0.15, -0.1) is 23.5 Å². The monoisotopic (exact) mass is 627 g/mol. The molecule has 0 aliphatic carbocycles. The van der Waals surface area contributed by atoms with Gasteiger partial charge in [0.05, 0.1) is 16.8 Å². The summed E-state index contributed by atoms with van der Waals surface area (Å²) < 4.78 is -0.187. The number of rotatable bonds is 18. The van der Waals surface area contributed by atoms with Crippen molar-refractivity contribution >= 4 is 72.5 Å². The van der Waals surface area contributed by atoms with Gasteiger partial charge in [-0.3, -0.25) is 33.7 Å². The number of unbranched alkanes of at least 4 members (excludes halogenated alkanes) is 2. The van der Waals surface area contributed by atoms with Gasteiger partial charge in [0.15, 0.2) is 7.85 Å². The van der Waals surface area contributed by atoms with Crippen LogP contribution in [0.25, 0.3) is 0 Å². The first kappa shape index (κ1) is 37.5. The van der Waals surface area contributed by atoms with E-state index >= 15 is 0 Å². The van der Waals surface area contributed by atoms with Crippen LogP contribution in [0.4, 0.5) is 0 Å². The lowest BCUT2D eigenvalue weighted by molar-refractivity contribution is -0.139. The summed E-state index contributed by atoms with van der Waals surface area (Å²) in [5.74, 6) is -1.41. The van der Waals surface area contributed by atoms with Crippen LogP contribution < -0.4 is 21.3 Å². The van der Waals surface area contributed by atoms with Crippen molar-refractivity contribution in [2.24, 2.45) is 0 Å². The van der Waals surface area contributed by atoms with Crippen LogP contribution in [0.15, 0.2) is 0 Å². The average molecular weight is 628 g/mol. The number of nitrogens with zero attached hydrogens (tertiary/aromatic N) is 1. The second kappa shape index (κ2) is 18.2. The van der Waals surface area contributed by atoms with E-state index in [1.807, 2.05) is 20.8 Å². The van der Waals surface area contributed by atoms with Crippen LogP contribution in [0.2, 0.25) is 0 Å². The van der Waals surface area contributed by atoms with Crippen LogP contribution in [-0.2, 0) is 33.6 Å². The number of imide groups is 1. The quantitative estimate of drug-likeness (QED) is 0.0711. The van der Waals surface area contributed by atoms with E-state index in [0.29, 0.717) is 12.3 Å². The van der Waals surface area contributed by atoms with Crippen molar-refractivity contribution in [2.75, 3.05) is 18.2 Å². The molecule has 6 amide bonds. The predicted octanol–water partition coefficient (Wildman–Crippen LogP) is 0.0768. The Morgan fingerprint density at radius 3 is 2.02 bits per heavy atom. The Morgan fingerprint density at radius 1 is 0.881 bits per heavy atom. The summed E-state index contributed by atoms with van der Waals surface area (Å²) in [6.07, 6.45) is 3.32. The fourth-order valence-corrected chi connectivity index (χ4v) is 6.01. The minimum Gasteiger partial charge on any atom is -0.345 e. The lowest BCUT2D eigenvalue weighted by Crippen LogP contribution is -2.54. The first-order chi connectivity index (χ1) is 19.5. The highest BCUT2D eigenvalue weighted by atomic mass is 32.2. The Balaban J connectivity index is 2.34. The second-order valence-electron chi connectivity index (χ2n) is 11.4. The summed E-state index contributed by atoms with van der Waals surface area (Å²) in [6.45, 7) is 10.3. The molecular weight excluding hydrogens is 581 g/mol. The molecular formula is C27H46BN5O7S2. The zero-order valence-corrected chi connectivity index (χ0v) is 27.4. The molecule has 4 N–H and O–H groups in total. The molecule has 0 radical (unpaired) electrons. The van der Waals surface area contributed by atoms with Gasteiger partial charge in [-0.2, -0.15) is 0 Å². The van der Waals surface area contributed by atoms with Crippen molar-refractivity contribution in [3.63, 3.8) is 0 Å². The van der Waals surface area contributed by atoms with Gasteiger partial charge in [0.1, 0.15) is 18.1 Å². The standard InChI is InChI=1S/C27H46BN5O7S2/c1-16(23(37)29-15-41-13-9-7-8-10-20(28)34)31-25(39)18(3)32-24(38)17(2)30-21(35)11-12-33-22(36)14-19(26(33)40)42-27(4,5)6/h16-19H,7-15,28H2,1-6H3,(H,29,37)(H,30,35)(H,31,39)(H,32,38)/t16-,17-,18+,19?/m0/s1. The van der Waals surface area contributed by atoms with Gasteiger partial charge in [0.2, 0.25) is 35.4 Å². The largest absolute Gasteiger partial charge is 0.345 e. The van der Waals surface area contributed by atoms with Crippen LogP contribution in [-0.4, -0.2) is 100 Å². The van der Waals surface area contributed by atoms with E-state index in [1.54, 1.807) is 19.6 Å². The zero-order valence-electron chi connectivity index (χ0n) is 25.8. The van der Waals surface area contributed by atoms with Crippen LogP contribution in [0.1, 0.15) is 80.1 Å². The number of thioether (sulfide) groups is 2. The minimum atomic E-state index is -0.970. The third-order valence-corrected chi connectivity index (χ3v) is 8.49. The molecule has 1 unspecified atom stereocenters. The van der Waals surface area contributed by atoms with E-state index in [2.05, 4.69) is 21.3 Å². The molecule has 0 bridgehead atoms. The van der Waals surface area contributed by atoms with Gasteiger partial charge < -0.3 is 26.1 Å². The Hall–Kier alpha value is -2.55. The van der Waals surface area contributed by atoms with E-state index in [4.69, 9.17) is 0 Å². The number of carbonyl (C=O) groups is 7. The fraction of sp³-hybridized carbons (Fsp3) is 0.741. The molecule has 15 heteroatoms. The molecule has 1 aliphatic heterocycles. The molecule has 12 nitrogen and oxygen atoms in total. The summed E-state index contributed by atoms with van der Waals surface area (Å²) in [7, 11) is 1.58. The zero-order chi connectivity index (χ0) is 32.0. The van der Waals surface area contributed by atoms with E-state index in [-0.39, 0.29) is 47.5 Å². The van der Waals surface area contributed by atoms with E-state index in [0.717, 1.165) is 29.9 Å². The van der Waals surface area contributed by atoms with E-state index in [9.17, 15) is 33.6 Å². The lowest BCUT2D eigenvalue weighted by Gasteiger charge is -2.22. The molecule has 1 aliphatic rings. The van der Waals surface area contributed by atoms with Gasteiger partial charge in [-0.25, -0.2) is 0 Å². The smallest absolute Gasteiger partial charge is 0.242 e. The molecule has 1 rings (SSSR count). The number of nitrogens with one attached hydrogen (secondary N) is 4. The second-order valence-corrected chi connectivity index (χ2v) is 14.5. The van der Waals surface area contributed by atoms with Crippen molar-refractivity contribution in [1.29, 1.82) is 0 Å². The SMILES string of the molecule is BC(=O)CCCCCSCNC(=O)[C@H](C)NC(=O)[C@@H](C)NC(=O)[C@H](C)NC(=O)CCN1C(=O)CC(SC(C)(C)C)C1=O. The van der Waals surface area contributed by atoms with Crippen LogP contribution >= 0.6 is 23.5 Å². The van der Waals surface area contributed by atoms with Crippen molar-refractivity contribution in [2.45, 2.75) is 108 Å². The number of hydrogen-bond acceptors (Lipinski definition) is 9.